The summed E-state index contributed by atoms with van der Waals surface area (Å²) in [7, 11) is 0. The largest absolute Gasteiger partial charge is 0.333 e. The molecule has 1 saturated heterocycles. The lowest BCUT2D eigenvalue weighted by Gasteiger charge is -2.27. The van der Waals surface area contributed by atoms with Crippen molar-refractivity contribution >= 4 is 5.91 Å². The summed E-state index contributed by atoms with van der Waals surface area (Å²) in [5.41, 5.74) is 2.23. The Morgan fingerprint density at radius 3 is 2.70 bits per heavy atom. The number of fused-ring (bicyclic) bond motifs is 2. The summed E-state index contributed by atoms with van der Waals surface area (Å²) in [6.45, 7) is 5.45. The lowest BCUT2D eigenvalue weighted by atomic mass is 9.86. The molecule has 142 valence electrons. The van der Waals surface area contributed by atoms with Gasteiger partial charge in [-0.15, -0.1) is 5.10 Å². The van der Waals surface area contributed by atoms with Crippen LogP contribution in [0.15, 0.2) is 24.5 Å². The van der Waals surface area contributed by atoms with Gasteiger partial charge in [0.2, 0.25) is 5.91 Å². The zero-order valence-corrected chi connectivity index (χ0v) is 15.3. The molecule has 1 fully saturated rings. The summed E-state index contributed by atoms with van der Waals surface area (Å²) in [4.78, 5) is 16.9. The molecule has 27 heavy (non-hydrogen) atoms. The first kappa shape index (κ1) is 16.6. The van der Waals surface area contributed by atoms with E-state index >= 15 is 0 Å². The first-order chi connectivity index (χ1) is 13.2. The fraction of sp³-hybridized carbons (Fsp3) is 0.611. The Bertz CT molecular complexity index is 826. The van der Waals surface area contributed by atoms with Gasteiger partial charge in [-0.05, 0) is 41.2 Å². The van der Waals surface area contributed by atoms with Gasteiger partial charge in [-0.25, -0.2) is 4.68 Å². The predicted molar refractivity (Wildman–Crippen MR) is 96.1 cm³/mol. The van der Waals surface area contributed by atoms with Crippen molar-refractivity contribution in [3.63, 3.8) is 0 Å². The van der Waals surface area contributed by atoms with Crippen molar-refractivity contribution in [1.82, 2.24) is 39.8 Å². The lowest BCUT2D eigenvalue weighted by molar-refractivity contribution is -0.133. The van der Waals surface area contributed by atoms with Gasteiger partial charge < -0.3 is 4.90 Å². The molecule has 9 nitrogen and oxygen atoms in total. The molecule has 2 atom stereocenters. The Hall–Kier alpha value is -2.55. The maximum Gasteiger partial charge on any atom is 0.244 e. The van der Waals surface area contributed by atoms with Crippen LogP contribution in [-0.4, -0.2) is 65.3 Å². The van der Waals surface area contributed by atoms with Crippen LogP contribution in [0.5, 0.6) is 0 Å². The van der Waals surface area contributed by atoms with Crippen molar-refractivity contribution in [2.45, 2.75) is 39.0 Å². The van der Waals surface area contributed by atoms with Gasteiger partial charge in [0.1, 0.15) is 12.9 Å². The highest BCUT2D eigenvalue weighted by molar-refractivity contribution is 5.75. The number of rotatable bonds is 4. The molecular weight excluding hydrogens is 344 g/mol. The normalized spacial score (nSPS) is 24.8. The van der Waals surface area contributed by atoms with Crippen molar-refractivity contribution in [2.75, 3.05) is 19.6 Å². The fourth-order valence-electron chi connectivity index (χ4n) is 4.58. The highest BCUT2D eigenvalue weighted by Crippen LogP contribution is 2.33. The standard InChI is InChI=1S/C18H24N8O/c27-18(12-25-13-19-21-22-25)24-5-6-26-17(11-24)7-16(20-26)10-23-8-14-3-1-2-4-15(14)9-23/h1-2,7,13-15H,3-6,8-12H2/t14-,15+. The molecule has 0 saturated carbocycles. The molecule has 0 aromatic carbocycles. The third-order valence-electron chi connectivity index (χ3n) is 5.97. The number of allylic oxidation sites excluding steroid dienone is 2. The van der Waals surface area contributed by atoms with E-state index in [4.69, 9.17) is 5.10 Å². The van der Waals surface area contributed by atoms with Gasteiger partial charge in [-0.3, -0.25) is 14.4 Å². The molecule has 3 aliphatic rings. The van der Waals surface area contributed by atoms with E-state index in [1.165, 1.54) is 36.9 Å². The van der Waals surface area contributed by atoms with Crippen LogP contribution in [0.4, 0.5) is 0 Å². The molecule has 0 radical (unpaired) electrons. The first-order valence-corrected chi connectivity index (χ1v) is 9.66. The van der Waals surface area contributed by atoms with Gasteiger partial charge in [0.05, 0.1) is 24.5 Å². The fourth-order valence-corrected chi connectivity index (χ4v) is 4.58. The molecule has 5 rings (SSSR count). The number of hydrogen-bond donors (Lipinski definition) is 0. The van der Waals surface area contributed by atoms with E-state index in [-0.39, 0.29) is 12.5 Å². The van der Waals surface area contributed by atoms with E-state index in [1.54, 1.807) is 0 Å². The summed E-state index contributed by atoms with van der Waals surface area (Å²) in [6.07, 6.45) is 8.58. The van der Waals surface area contributed by atoms with E-state index in [1.807, 2.05) is 4.90 Å². The Balaban J connectivity index is 1.21. The van der Waals surface area contributed by atoms with Crippen LogP contribution < -0.4 is 0 Å². The van der Waals surface area contributed by atoms with Crippen LogP contribution in [-0.2, 0) is 31.0 Å². The SMILES string of the molecule is O=C(Cn1cnnn1)N1CCn2nc(CN3C[C@H]4CC=CC[C@H]4C3)cc2C1. The number of tetrazole rings is 1. The minimum atomic E-state index is 0.0346. The molecule has 2 aromatic rings. The Morgan fingerprint density at radius 2 is 1.96 bits per heavy atom. The number of hydrogen-bond acceptors (Lipinski definition) is 6. The molecule has 0 bridgehead atoms. The van der Waals surface area contributed by atoms with Crippen LogP contribution >= 0.6 is 0 Å². The average molecular weight is 368 g/mol. The van der Waals surface area contributed by atoms with Crippen LogP contribution in [0.2, 0.25) is 0 Å². The minimum Gasteiger partial charge on any atom is -0.333 e. The molecule has 0 unspecified atom stereocenters. The highest BCUT2D eigenvalue weighted by Gasteiger charge is 2.33. The van der Waals surface area contributed by atoms with Gasteiger partial charge in [-0.2, -0.15) is 5.10 Å². The van der Waals surface area contributed by atoms with Gasteiger partial charge in [-0.1, -0.05) is 12.2 Å². The predicted octanol–water partition coefficient (Wildman–Crippen LogP) is 0.310. The summed E-state index contributed by atoms with van der Waals surface area (Å²) in [5, 5.41) is 15.7. The van der Waals surface area contributed by atoms with E-state index in [0.717, 1.165) is 36.3 Å². The molecular formula is C18H24N8O. The first-order valence-electron chi connectivity index (χ1n) is 9.66. The van der Waals surface area contributed by atoms with E-state index < -0.39 is 0 Å². The Kier molecular flexibility index (Phi) is 4.23. The topological polar surface area (TPSA) is 85.0 Å². The summed E-state index contributed by atoms with van der Waals surface area (Å²) >= 11 is 0. The third kappa shape index (κ3) is 3.39. The number of amides is 1. The maximum atomic E-state index is 12.5. The molecule has 4 heterocycles. The molecule has 0 N–H and O–H groups in total. The zero-order chi connectivity index (χ0) is 18.2. The van der Waals surface area contributed by atoms with E-state index in [9.17, 15) is 4.79 Å². The molecule has 1 aliphatic carbocycles. The van der Waals surface area contributed by atoms with Crippen LogP contribution in [0, 0.1) is 11.8 Å². The molecule has 2 aliphatic heterocycles. The van der Waals surface area contributed by atoms with Crippen LogP contribution in [0.25, 0.3) is 0 Å². The number of aromatic nitrogens is 6. The minimum absolute atomic E-state index is 0.0346. The highest BCUT2D eigenvalue weighted by atomic mass is 16.2. The molecule has 9 heteroatoms. The van der Waals surface area contributed by atoms with Crippen molar-refractivity contribution in [3.05, 3.63) is 35.9 Å². The maximum absolute atomic E-state index is 12.5. The Labute approximate surface area is 157 Å². The second-order valence-corrected chi connectivity index (χ2v) is 7.83. The van der Waals surface area contributed by atoms with E-state index in [0.29, 0.717) is 13.1 Å². The monoisotopic (exact) mass is 368 g/mol. The quantitative estimate of drug-likeness (QED) is 0.722. The molecule has 1 amide bonds. The molecule has 0 spiro atoms. The third-order valence-corrected chi connectivity index (χ3v) is 5.97. The van der Waals surface area contributed by atoms with Gasteiger partial charge in [0.25, 0.3) is 0 Å². The number of likely N-dealkylation sites (tertiary alicyclic amines) is 1. The van der Waals surface area contributed by atoms with Crippen molar-refractivity contribution < 1.29 is 4.79 Å². The average Bonchev–Trinajstić information content (AvgIpc) is 3.39. The molecule has 2 aromatic heterocycles. The van der Waals surface area contributed by atoms with Crippen molar-refractivity contribution in [3.8, 4) is 0 Å². The number of nitrogens with zero attached hydrogens (tertiary/aromatic N) is 8. The van der Waals surface area contributed by atoms with Gasteiger partial charge in [0, 0.05) is 26.2 Å². The van der Waals surface area contributed by atoms with Gasteiger partial charge >= 0.3 is 0 Å². The van der Waals surface area contributed by atoms with E-state index in [2.05, 4.69) is 43.3 Å². The van der Waals surface area contributed by atoms with Crippen LogP contribution in [0.3, 0.4) is 0 Å². The Morgan fingerprint density at radius 1 is 1.15 bits per heavy atom. The summed E-state index contributed by atoms with van der Waals surface area (Å²) in [5.74, 6) is 1.66. The van der Waals surface area contributed by atoms with Crippen molar-refractivity contribution in [1.29, 1.82) is 0 Å². The van der Waals surface area contributed by atoms with Crippen molar-refractivity contribution in [2.24, 2.45) is 11.8 Å². The second kappa shape index (κ2) is 6.88. The summed E-state index contributed by atoms with van der Waals surface area (Å²) in [6, 6.07) is 2.16. The smallest absolute Gasteiger partial charge is 0.244 e. The zero-order valence-electron chi connectivity index (χ0n) is 15.3. The summed E-state index contributed by atoms with van der Waals surface area (Å²) < 4.78 is 3.52. The second-order valence-electron chi connectivity index (χ2n) is 7.83. The number of carbonyl (C=O) groups excluding carboxylic acids is 1. The number of carbonyl (C=O) groups is 1. The van der Waals surface area contributed by atoms with Gasteiger partial charge in [0.15, 0.2) is 0 Å². The lowest BCUT2D eigenvalue weighted by Crippen LogP contribution is -2.40. The van der Waals surface area contributed by atoms with Crippen LogP contribution in [0.1, 0.15) is 24.2 Å².